The molecule has 2 aliphatic heterocycles. The van der Waals surface area contributed by atoms with Gasteiger partial charge in [-0.1, -0.05) is 60.7 Å². The summed E-state index contributed by atoms with van der Waals surface area (Å²) in [6, 6.07) is 23.1. The van der Waals surface area contributed by atoms with Gasteiger partial charge in [0, 0.05) is 7.05 Å². The molecule has 6 nitrogen and oxygen atoms in total. The van der Waals surface area contributed by atoms with Gasteiger partial charge in [-0.25, -0.2) is 4.39 Å². The van der Waals surface area contributed by atoms with Crippen LogP contribution in [0.25, 0.3) is 0 Å². The maximum atomic E-state index is 13.6. The first kappa shape index (κ1) is 22.0. The van der Waals surface area contributed by atoms with Crippen LogP contribution >= 0.6 is 0 Å². The van der Waals surface area contributed by atoms with Gasteiger partial charge in [-0.2, -0.15) is 5.01 Å². The Labute approximate surface area is 197 Å². The average Bonchev–Trinajstić information content (AvgIpc) is 3.09. The molecule has 1 fully saturated rings. The Morgan fingerprint density at radius 3 is 1.94 bits per heavy atom. The van der Waals surface area contributed by atoms with Crippen LogP contribution in [0.4, 0.5) is 15.8 Å². The van der Waals surface area contributed by atoms with E-state index in [-0.39, 0.29) is 11.8 Å². The molecule has 3 aromatic rings. The van der Waals surface area contributed by atoms with Crippen molar-refractivity contribution in [3.8, 4) is 0 Å². The molecule has 0 radical (unpaired) electrons. The van der Waals surface area contributed by atoms with Gasteiger partial charge < -0.3 is 5.11 Å². The summed E-state index contributed by atoms with van der Waals surface area (Å²) in [6.45, 7) is 0. The number of anilines is 2. The number of aliphatic hydroxyl groups is 1. The summed E-state index contributed by atoms with van der Waals surface area (Å²) < 4.78 is 13.6. The third kappa shape index (κ3) is 3.69. The van der Waals surface area contributed by atoms with E-state index in [9.17, 15) is 19.1 Å². The van der Waals surface area contributed by atoms with Crippen LogP contribution in [0.1, 0.15) is 11.7 Å². The minimum absolute atomic E-state index is 0.285. The molecule has 1 N–H and O–H groups in total. The lowest BCUT2D eigenvalue weighted by Gasteiger charge is -2.47. The predicted octanol–water partition coefficient (Wildman–Crippen LogP) is 3.84. The summed E-state index contributed by atoms with van der Waals surface area (Å²) in [5.41, 5.74) is 2.05. The molecule has 5 rings (SSSR count). The molecule has 2 aliphatic rings. The molecule has 0 aromatic heterocycles. The number of nitrogens with zero attached hydrogens (tertiary/aromatic N) is 3. The summed E-state index contributed by atoms with van der Waals surface area (Å²) in [5.74, 6) is -1.70. The number of amides is 2. The van der Waals surface area contributed by atoms with E-state index in [0.717, 1.165) is 16.3 Å². The largest absolute Gasteiger partial charge is 0.386 e. The van der Waals surface area contributed by atoms with Gasteiger partial charge >= 0.3 is 0 Å². The number of hydrazine groups is 1. The van der Waals surface area contributed by atoms with Gasteiger partial charge in [-0.3, -0.25) is 19.5 Å². The van der Waals surface area contributed by atoms with Gasteiger partial charge in [0.25, 0.3) is 0 Å². The van der Waals surface area contributed by atoms with Crippen LogP contribution in [0.15, 0.2) is 97.1 Å². The van der Waals surface area contributed by atoms with E-state index in [1.807, 2.05) is 65.7 Å². The Morgan fingerprint density at radius 1 is 0.824 bits per heavy atom. The van der Waals surface area contributed by atoms with Gasteiger partial charge in [-0.15, -0.1) is 0 Å². The molecule has 4 atom stereocenters. The minimum Gasteiger partial charge on any atom is -0.386 e. The van der Waals surface area contributed by atoms with Gasteiger partial charge in [0.15, 0.2) is 0 Å². The number of likely N-dealkylation sites (tertiary alicyclic amines) is 1. The fourth-order valence-electron chi connectivity index (χ4n) is 4.71. The fourth-order valence-corrected chi connectivity index (χ4v) is 4.71. The van der Waals surface area contributed by atoms with Gasteiger partial charge in [-0.05, 0) is 42.0 Å². The third-order valence-electron chi connectivity index (χ3n) is 6.41. The van der Waals surface area contributed by atoms with E-state index in [1.165, 1.54) is 31.3 Å². The zero-order valence-corrected chi connectivity index (χ0v) is 18.5. The van der Waals surface area contributed by atoms with Gasteiger partial charge in [0.05, 0.1) is 29.4 Å². The molecular formula is C27H24FN3O3. The smallest absolute Gasteiger partial charge is 0.249 e. The van der Waals surface area contributed by atoms with Crippen molar-refractivity contribution in [2.24, 2.45) is 5.92 Å². The van der Waals surface area contributed by atoms with Gasteiger partial charge in [0.1, 0.15) is 11.9 Å². The lowest BCUT2D eigenvalue weighted by atomic mass is 9.90. The quantitative estimate of drug-likeness (QED) is 0.466. The number of likely N-dealkylation sites (N-methyl/N-ethyl adjacent to an activating group) is 1. The van der Waals surface area contributed by atoms with Crippen molar-refractivity contribution < 1.29 is 19.1 Å². The Kier molecular flexibility index (Phi) is 5.73. The van der Waals surface area contributed by atoms with E-state index >= 15 is 0 Å². The second-order valence-electron chi connectivity index (χ2n) is 8.44. The third-order valence-corrected chi connectivity index (χ3v) is 6.41. The van der Waals surface area contributed by atoms with Crippen molar-refractivity contribution in [1.29, 1.82) is 0 Å². The molecule has 0 saturated carbocycles. The normalized spacial score (nSPS) is 23.1. The van der Waals surface area contributed by atoms with E-state index in [4.69, 9.17) is 0 Å². The van der Waals surface area contributed by atoms with Crippen molar-refractivity contribution >= 4 is 23.2 Å². The maximum Gasteiger partial charge on any atom is 0.249 e. The summed E-state index contributed by atoms with van der Waals surface area (Å²) >= 11 is 0. The highest BCUT2D eigenvalue weighted by molar-refractivity contribution is 6.08. The lowest BCUT2D eigenvalue weighted by Crippen LogP contribution is -2.59. The van der Waals surface area contributed by atoms with Crippen LogP contribution < -0.4 is 5.01 Å². The SMILES string of the molecule is CN1C(=O)C2C=CC(C(O)c3ccc(F)cc3)N(N(c3ccccc3)c3ccccc3)C2C1=O. The number of carbonyl (C=O) groups excluding carboxylic acids is 2. The van der Waals surface area contributed by atoms with Crippen molar-refractivity contribution in [1.82, 2.24) is 9.91 Å². The second-order valence-corrected chi connectivity index (χ2v) is 8.44. The van der Waals surface area contributed by atoms with Crippen LogP contribution in [-0.2, 0) is 9.59 Å². The number of hydrogen-bond donors (Lipinski definition) is 1. The summed E-state index contributed by atoms with van der Waals surface area (Å²) in [5, 5.41) is 15.1. The molecule has 7 heteroatoms. The summed E-state index contributed by atoms with van der Waals surface area (Å²) in [6.07, 6.45) is 2.39. The predicted molar refractivity (Wildman–Crippen MR) is 126 cm³/mol. The van der Waals surface area contributed by atoms with Crippen LogP contribution in [0.5, 0.6) is 0 Å². The van der Waals surface area contributed by atoms with Gasteiger partial charge in [0.2, 0.25) is 11.8 Å². The number of halogens is 1. The lowest BCUT2D eigenvalue weighted by molar-refractivity contribution is -0.138. The summed E-state index contributed by atoms with van der Waals surface area (Å²) in [4.78, 5) is 27.4. The molecule has 0 aliphatic carbocycles. The first-order valence-electron chi connectivity index (χ1n) is 11.1. The number of rotatable bonds is 5. The number of aliphatic hydroxyl groups excluding tert-OH is 1. The van der Waals surface area contributed by atoms with Crippen molar-refractivity contribution in [3.63, 3.8) is 0 Å². The standard InChI is InChI=1S/C27H24FN3O3/c1-29-26(33)22-16-17-23(25(32)18-12-14-19(28)15-13-18)31(24(22)27(29)34)30(20-8-4-2-5-9-20)21-10-6-3-7-11-21/h2-17,22-25,32H,1H3. The fraction of sp³-hybridized carbons (Fsp3) is 0.185. The van der Waals surface area contributed by atoms with Crippen LogP contribution in [0.3, 0.4) is 0 Å². The van der Waals surface area contributed by atoms with Crippen LogP contribution in [0, 0.1) is 11.7 Å². The average molecular weight is 458 g/mol. The van der Waals surface area contributed by atoms with E-state index in [0.29, 0.717) is 5.56 Å². The van der Waals surface area contributed by atoms with E-state index < -0.39 is 29.9 Å². The molecule has 4 unspecified atom stereocenters. The first-order chi connectivity index (χ1) is 16.5. The molecule has 0 spiro atoms. The second kappa shape index (κ2) is 8.85. The Morgan fingerprint density at radius 2 is 1.38 bits per heavy atom. The van der Waals surface area contributed by atoms with Crippen LogP contribution in [0.2, 0.25) is 0 Å². The molecular weight excluding hydrogens is 433 g/mol. The number of imide groups is 1. The highest BCUT2D eigenvalue weighted by atomic mass is 19.1. The molecule has 2 heterocycles. The zero-order chi connectivity index (χ0) is 23.8. The molecule has 34 heavy (non-hydrogen) atoms. The molecule has 0 bridgehead atoms. The van der Waals surface area contributed by atoms with Crippen LogP contribution in [-0.4, -0.2) is 46.0 Å². The highest BCUT2D eigenvalue weighted by Gasteiger charge is 2.54. The Bertz CT molecular complexity index is 1180. The molecule has 1 saturated heterocycles. The first-order valence-corrected chi connectivity index (χ1v) is 11.1. The summed E-state index contributed by atoms with van der Waals surface area (Å²) in [7, 11) is 1.48. The number of hydrogen-bond acceptors (Lipinski definition) is 5. The number of para-hydroxylation sites is 2. The number of carbonyl (C=O) groups is 2. The van der Waals surface area contributed by atoms with Crippen molar-refractivity contribution in [2.75, 3.05) is 12.1 Å². The monoisotopic (exact) mass is 457 g/mol. The number of fused-ring (bicyclic) bond motifs is 1. The zero-order valence-electron chi connectivity index (χ0n) is 18.5. The Balaban J connectivity index is 1.69. The topological polar surface area (TPSA) is 64.1 Å². The Hall–Kier alpha value is -3.81. The molecule has 3 aromatic carbocycles. The number of benzene rings is 3. The van der Waals surface area contributed by atoms with Crippen molar-refractivity contribution in [3.05, 3.63) is 108 Å². The maximum absolute atomic E-state index is 13.6. The molecule has 2 amide bonds. The van der Waals surface area contributed by atoms with E-state index in [2.05, 4.69) is 0 Å². The minimum atomic E-state index is -1.08. The van der Waals surface area contributed by atoms with E-state index in [1.54, 1.807) is 17.2 Å². The van der Waals surface area contributed by atoms with Crippen molar-refractivity contribution in [2.45, 2.75) is 18.2 Å². The molecule has 172 valence electrons. The highest BCUT2D eigenvalue weighted by Crippen LogP contribution is 2.40.